The van der Waals surface area contributed by atoms with Crippen LogP contribution in [0.15, 0.2) is 54.7 Å². The third-order valence-corrected chi connectivity index (χ3v) is 5.67. The minimum Gasteiger partial charge on any atom is -0.476 e. The number of aryl methyl sites for hydroxylation is 1. The fourth-order valence-electron chi connectivity index (χ4n) is 4.11. The molecule has 0 bridgehead atoms. The zero-order valence-corrected chi connectivity index (χ0v) is 18.3. The van der Waals surface area contributed by atoms with Crippen LogP contribution in [0.2, 0.25) is 0 Å². The lowest BCUT2D eigenvalue weighted by atomic mass is 9.98. The molecular formula is C25H22N4O5. The normalized spacial score (nSPS) is 12.7. The predicted octanol–water partition coefficient (Wildman–Crippen LogP) is 2.99. The second kappa shape index (κ2) is 9.50. The van der Waals surface area contributed by atoms with Crippen molar-refractivity contribution in [3.05, 3.63) is 71.5 Å². The van der Waals surface area contributed by atoms with Gasteiger partial charge in [-0.15, -0.1) is 12.3 Å². The Labute approximate surface area is 195 Å². The van der Waals surface area contributed by atoms with E-state index >= 15 is 0 Å². The number of nitrogens with zero attached hydrogens (tertiary/aromatic N) is 2. The van der Waals surface area contributed by atoms with E-state index in [4.69, 9.17) is 11.2 Å². The molecule has 0 saturated heterocycles. The largest absolute Gasteiger partial charge is 0.476 e. The van der Waals surface area contributed by atoms with Crippen molar-refractivity contribution >= 4 is 23.7 Å². The van der Waals surface area contributed by atoms with Crippen molar-refractivity contribution in [1.29, 1.82) is 0 Å². The molecule has 3 N–H and O–H groups in total. The first-order valence-corrected chi connectivity index (χ1v) is 10.5. The van der Waals surface area contributed by atoms with Crippen molar-refractivity contribution in [2.45, 2.75) is 18.4 Å². The number of hydrogen-bond donors (Lipinski definition) is 3. The number of amides is 2. The Bertz CT molecular complexity index is 1260. The fraction of sp³-hybridized carbons (Fsp3) is 0.200. The summed E-state index contributed by atoms with van der Waals surface area (Å²) in [6, 6.07) is 14.8. The first kappa shape index (κ1) is 22.6. The highest BCUT2D eigenvalue weighted by atomic mass is 16.5. The molecule has 1 aliphatic carbocycles. The van der Waals surface area contributed by atoms with E-state index in [-0.39, 0.29) is 30.3 Å². The monoisotopic (exact) mass is 458 g/mol. The summed E-state index contributed by atoms with van der Waals surface area (Å²) in [6.45, 7) is 0.0794. The number of anilines is 1. The highest BCUT2D eigenvalue weighted by Crippen LogP contribution is 2.44. The third-order valence-electron chi connectivity index (χ3n) is 5.67. The van der Waals surface area contributed by atoms with Crippen LogP contribution in [-0.2, 0) is 16.6 Å². The van der Waals surface area contributed by atoms with E-state index in [1.807, 2.05) is 48.5 Å². The Morgan fingerprint density at radius 2 is 1.76 bits per heavy atom. The second-order valence-electron chi connectivity index (χ2n) is 7.76. The van der Waals surface area contributed by atoms with Crippen LogP contribution in [-0.4, -0.2) is 45.5 Å². The molecule has 1 aromatic heterocycles. The molecule has 0 aliphatic heterocycles. The second-order valence-corrected chi connectivity index (χ2v) is 7.76. The van der Waals surface area contributed by atoms with Crippen LogP contribution in [0.4, 0.5) is 10.5 Å². The number of terminal acetylenes is 1. The summed E-state index contributed by atoms with van der Waals surface area (Å²) >= 11 is 0. The molecule has 0 saturated carbocycles. The molecule has 0 fully saturated rings. The first-order chi connectivity index (χ1) is 16.4. The number of aromatic nitrogens is 2. The molecule has 9 heteroatoms. The Balaban J connectivity index is 1.43. The van der Waals surface area contributed by atoms with Gasteiger partial charge in [-0.25, -0.2) is 9.59 Å². The number of nitrogens with one attached hydrogen (secondary N) is 2. The predicted molar refractivity (Wildman–Crippen MR) is 124 cm³/mol. The van der Waals surface area contributed by atoms with Gasteiger partial charge in [-0.1, -0.05) is 48.5 Å². The van der Waals surface area contributed by atoms with Gasteiger partial charge in [0.2, 0.25) is 5.91 Å². The van der Waals surface area contributed by atoms with Crippen LogP contribution in [0, 0.1) is 12.3 Å². The minimum absolute atomic E-state index is 0.00337. The average Bonchev–Trinajstić information content (AvgIpc) is 3.35. The molecule has 34 heavy (non-hydrogen) atoms. The number of carboxylic acids is 1. The van der Waals surface area contributed by atoms with Gasteiger partial charge >= 0.3 is 12.1 Å². The van der Waals surface area contributed by atoms with Gasteiger partial charge in [0.1, 0.15) is 12.6 Å². The van der Waals surface area contributed by atoms with Gasteiger partial charge in [0, 0.05) is 19.4 Å². The standard InChI is InChI=1S/C25H22N4O5/c1-3-8-20(23(30)27-21-13-26-29(2)22(21)24(31)32)28-25(33)34-14-19-17-11-6-4-9-15(17)16-10-5-7-12-18(16)19/h1,4-7,9-13,19-20H,8,14H2,2H3,(H,27,30)(H,28,33)(H,31,32). The van der Waals surface area contributed by atoms with Crippen LogP contribution < -0.4 is 10.6 Å². The van der Waals surface area contributed by atoms with E-state index in [1.165, 1.54) is 13.2 Å². The van der Waals surface area contributed by atoms with Gasteiger partial charge in [-0.05, 0) is 22.3 Å². The Kier molecular flexibility index (Phi) is 6.32. The van der Waals surface area contributed by atoms with E-state index in [1.54, 1.807) is 0 Å². The zero-order chi connectivity index (χ0) is 24.2. The van der Waals surface area contributed by atoms with Gasteiger partial charge in [-0.2, -0.15) is 5.10 Å². The van der Waals surface area contributed by atoms with Crippen LogP contribution in [0.5, 0.6) is 0 Å². The molecule has 3 aromatic rings. The van der Waals surface area contributed by atoms with E-state index in [9.17, 15) is 19.5 Å². The summed E-state index contributed by atoms with van der Waals surface area (Å²) in [5, 5.41) is 18.1. The lowest BCUT2D eigenvalue weighted by Crippen LogP contribution is -2.44. The number of alkyl carbamates (subject to hydrolysis) is 1. The summed E-state index contributed by atoms with van der Waals surface area (Å²) in [6.07, 6.45) is 5.66. The Morgan fingerprint density at radius 3 is 2.35 bits per heavy atom. The molecular weight excluding hydrogens is 436 g/mol. The maximum atomic E-state index is 12.7. The van der Waals surface area contributed by atoms with E-state index in [0.717, 1.165) is 26.9 Å². The summed E-state index contributed by atoms with van der Waals surface area (Å²) in [7, 11) is 1.44. The topological polar surface area (TPSA) is 123 Å². The van der Waals surface area contributed by atoms with E-state index in [0.29, 0.717) is 0 Å². The number of benzene rings is 2. The molecule has 2 aromatic carbocycles. The number of rotatable bonds is 7. The SMILES string of the molecule is C#CCC(NC(=O)OCC1c2ccccc2-c2ccccc21)C(=O)Nc1cnn(C)c1C(=O)O. The smallest absolute Gasteiger partial charge is 0.407 e. The van der Waals surface area contributed by atoms with Crippen molar-refractivity contribution in [2.24, 2.45) is 7.05 Å². The average molecular weight is 458 g/mol. The molecule has 0 radical (unpaired) electrons. The van der Waals surface area contributed by atoms with Crippen molar-refractivity contribution < 1.29 is 24.2 Å². The fourth-order valence-corrected chi connectivity index (χ4v) is 4.11. The van der Waals surface area contributed by atoms with Crippen LogP contribution in [0.1, 0.15) is 34.0 Å². The quantitative estimate of drug-likeness (QED) is 0.468. The molecule has 1 atom stereocenters. The van der Waals surface area contributed by atoms with Crippen LogP contribution in [0.25, 0.3) is 11.1 Å². The number of fused-ring (bicyclic) bond motifs is 3. The summed E-state index contributed by atoms with van der Waals surface area (Å²) in [4.78, 5) is 36.7. The van der Waals surface area contributed by atoms with Gasteiger partial charge in [0.05, 0.1) is 11.9 Å². The molecule has 9 nitrogen and oxygen atoms in total. The molecule has 172 valence electrons. The number of ether oxygens (including phenoxy) is 1. The van der Waals surface area contributed by atoms with Crippen LogP contribution >= 0.6 is 0 Å². The van der Waals surface area contributed by atoms with Gasteiger partial charge in [0.25, 0.3) is 0 Å². The van der Waals surface area contributed by atoms with Crippen molar-refractivity contribution in [1.82, 2.24) is 15.1 Å². The summed E-state index contributed by atoms with van der Waals surface area (Å²) < 4.78 is 6.59. The molecule has 1 aliphatic rings. The zero-order valence-electron chi connectivity index (χ0n) is 18.3. The first-order valence-electron chi connectivity index (χ1n) is 10.5. The highest BCUT2D eigenvalue weighted by Gasteiger charge is 2.30. The number of aromatic carboxylic acids is 1. The maximum absolute atomic E-state index is 12.7. The molecule has 1 unspecified atom stereocenters. The highest BCUT2D eigenvalue weighted by molar-refractivity contribution is 6.02. The lowest BCUT2D eigenvalue weighted by molar-refractivity contribution is -0.118. The van der Waals surface area contributed by atoms with Crippen molar-refractivity contribution in [3.63, 3.8) is 0 Å². The summed E-state index contributed by atoms with van der Waals surface area (Å²) in [5.41, 5.74) is 4.12. The number of carbonyl (C=O) groups excluding carboxylic acids is 2. The molecule has 0 spiro atoms. The lowest BCUT2D eigenvalue weighted by Gasteiger charge is -2.18. The third kappa shape index (κ3) is 4.34. The van der Waals surface area contributed by atoms with Gasteiger partial charge in [0.15, 0.2) is 5.69 Å². The van der Waals surface area contributed by atoms with Gasteiger partial charge < -0.3 is 20.5 Å². The van der Waals surface area contributed by atoms with Crippen molar-refractivity contribution in [3.8, 4) is 23.5 Å². The van der Waals surface area contributed by atoms with Crippen molar-refractivity contribution in [2.75, 3.05) is 11.9 Å². The molecule has 4 rings (SSSR count). The maximum Gasteiger partial charge on any atom is 0.407 e. The van der Waals surface area contributed by atoms with E-state index < -0.39 is 24.0 Å². The van der Waals surface area contributed by atoms with E-state index in [2.05, 4.69) is 21.7 Å². The summed E-state index contributed by atoms with van der Waals surface area (Å²) in [5.74, 6) is 0.270. The number of carbonyl (C=O) groups is 3. The Morgan fingerprint density at radius 1 is 1.15 bits per heavy atom. The minimum atomic E-state index is -1.26. The molecule has 1 heterocycles. The number of hydrogen-bond acceptors (Lipinski definition) is 5. The number of carboxylic acid groups (broad SMARTS) is 1. The van der Waals surface area contributed by atoms with Crippen LogP contribution in [0.3, 0.4) is 0 Å². The molecule has 2 amide bonds. The Hall–Kier alpha value is -4.58. The van der Waals surface area contributed by atoms with Gasteiger partial charge in [-0.3, -0.25) is 9.48 Å².